The molecule has 0 aliphatic carbocycles. The van der Waals surface area contributed by atoms with Crippen LogP contribution in [-0.4, -0.2) is 30.6 Å². The standard InChI is InChI=1S/C14H24N4O2/c1-4-5-12-8-11(9-13(17-12)18-15)14(19)16-10(2)6-7-20-3/h8-10H,4-7,15H2,1-3H3,(H,16,19)(H,17,18). The molecule has 6 heteroatoms. The Morgan fingerprint density at radius 2 is 2.25 bits per heavy atom. The smallest absolute Gasteiger partial charge is 0.251 e. The van der Waals surface area contributed by atoms with Gasteiger partial charge in [-0.25, -0.2) is 10.8 Å². The average Bonchev–Trinajstić information content (AvgIpc) is 2.45. The molecule has 1 aromatic heterocycles. The number of nitrogen functional groups attached to an aromatic ring is 1. The molecule has 20 heavy (non-hydrogen) atoms. The Morgan fingerprint density at radius 1 is 1.50 bits per heavy atom. The molecule has 0 saturated heterocycles. The molecule has 0 fully saturated rings. The van der Waals surface area contributed by atoms with Crippen LogP contribution in [0.5, 0.6) is 0 Å². The molecule has 0 radical (unpaired) electrons. The Kier molecular flexibility index (Phi) is 6.97. The second-order valence-electron chi connectivity index (χ2n) is 4.78. The van der Waals surface area contributed by atoms with Crippen molar-refractivity contribution in [2.24, 2.45) is 5.84 Å². The topological polar surface area (TPSA) is 89.3 Å². The van der Waals surface area contributed by atoms with Gasteiger partial charge in [0, 0.05) is 31.0 Å². The van der Waals surface area contributed by atoms with E-state index in [0.29, 0.717) is 18.0 Å². The lowest BCUT2D eigenvalue weighted by Crippen LogP contribution is -2.33. The highest BCUT2D eigenvalue weighted by molar-refractivity contribution is 5.95. The zero-order valence-corrected chi connectivity index (χ0v) is 12.4. The lowest BCUT2D eigenvalue weighted by atomic mass is 10.1. The molecule has 112 valence electrons. The van der Waals surface area contributed by atoms with Crippen LogP contribution >= 0.6 is 0 Å². The second-order valence-corrected chi connectivity index (χ2v) is 4.78. The van der Waals surface area contributed by atoms with Gasteiger partial charge in [0.15, 0.2) is 0 Å². The summed E-state index contributed by atoms with van der Waals surface area (Å²) in [6.45, 7) is 4.64. The van der Waals surface area contributed by atoms with Crippen molar-refractivity contribution in [3.8, 4) is 0 Å². The van der Waals surface area contributed by atoms with E-state index in [9.17, 15) is 4.79 Å². The number of nitrogens with zero attached hydrogens (tertiary/aromatic N) is 1. The molecule has 0 bridgehead atoms. The van der Waals surface area contributed by atoms with Gasteiger partial charge in [-0.05, 0) is 31.9 Å². The summed E-state index contributed by atoms with van der Waals surface area (Å²) in [5, 5.41) is 2.94. The number of nitrogens with one attached hydrogen (secondary N) is 2. The van der Waals surface area contributed by atoms with Crippen LogP contribution in [0.3, 0.4) is 0 Å². The summed E-state index contributed by atoms with van der Waals surface area (Å²) in [4.78, 5) is 16.5. The van der Waals surface area contributed by atoms with Gasteiger partial charge in [-0.15, -0.1) is 0 Å². The highest BCUT2D eigenvalue weighted by Gasteiger charge is 2.12. The zero-order valence-electron chi connectivity index (χ0n) is 12.4. The number of pyridine rings is 1. The van der Waals surface area contributed by atoms with Crippen LogP contribution in [0.2, 0.25) is 0 Å². The lowest BCUT2D eigenvalue weighted by Gasteiger charge is -2.14. The number of hydrazine groups is 1. The van der Waals surface area contributed by atoms with Crippen molar-refractivity contribution in [1.29, 1.82) is 0 Å². The summed E-state index contributed by atoms with van der Waals surface area (Å²) in [5.41, 5.74) is 3.93. The maximum atomic E-state index is 12.2. The minimum absolute atomic E-state index is 0.0551. The number of hydrogen-bond acceptors (Lipinski definition) is 5. The molecule has 1 aromatic rings. The molecule has 0 spiro atoms. The SMILES string of the molecule is CCCc1cc(C(=O)NC(C)CCOC)cc(NN)n1. The summed E-state index contributed by atoms with van der Waals surface area (Å²) in [5.74, 6) is 5.77. The van der Waals surface area contributed by atoms with E-state index < -0.39 is 0 Å². The summed E-state index contributed by atoms with van der Waals surface area (Å²) >= 11 is 0. The highest BCUT2D eigenvalue weighted by atomic mass is 16.5. The summed E-state index contributed by atoms with van der Waals surface area (Å²) in [7, 11) is 1.65. The van der Waals surface area contributed by atoms with E-state index in [-0.39, 0.29) is 11.9 Å². The molecular formula is C14H24N4O2. The average molecular weight is 280 g/mol. The fourth-order valence-corrected chi connectivity index (χ4v) is 1.85. The monoisotopic (exact) mass is 280 g/mol. The van der Waals surface area contributed by atoms with Crippen molar-refractivity contribution < 1.29 is 9.53 Å². The van der Waals surface area contributed by atoms with Crippen LogP contribution < -0.4 is 16.6 Å². The van der Waals surface area contributed by atoms with Crippen molar-refractivity contribution >= 4 is 11.7 Å². The van der Waals surface area contributed by atoms with Gasteiger partial charge in [0.05, 0.1) is 0 Å². The number of aromatic nitrogens is 1. The first-order valence-corrected chi connectivity index (χ1v) is 6.88. The quantitative estimate of drug-likeness (QED) is 0.496. The summed E-state index contributed by atoms with van der Waals surface area (Å²) in [6.07, 6.45) is 2.55. The third kappa shape index (κ3) is 5.14. The molecule has 4 N–H and O–H groups in total. The molecule has 1 atom stereocenters. The number of carbonyl (C=O) groups excluding carboxylic acids is 1. The van der Waals surface area contributed by atoms with Crippen LogP contribution in [0.25, 0.3) is 0 Å². The molecule has 1 heterocycles. The Labute approximate surface area is 120 Å². The molecule has 1 rings (SSSR count). The van der Waals surface area contributed by atoms with E-state index in [1.54, 1.807) is 13.2 Å². The number of hydrogen-bond donors (Lipinski definition) is 3. The number of nitrogens with two attached hydrogens (primary N) is 1. The van der Waals surface area contributed by atoms with Gasteiger partial charge in [-0.2, -0.15) is 0 Å². The number of amides is 1. The van der Waals surface area contributed by atoms with Crippen LogP contribution in [0, 0.1) is 0 Å². The highest BCUT2D eigenvalue weighted by Crippen LogP contribution is 2.12. The number of ether oxygens (including phenoxy) is 1. The maximum absolute atomic E-state index is 12.2. The third-order valence-corrected chi connectivity index (χ3v) is 2.93. The van der Waals surface area contributed by atoms with Gasteiger partial charge in [0.25, 0.3) is 5.91 Å². The molecule has 6 nitrogen and oxygen atoms in total. The van der Waals surface area contributed by atoms with Gasteiger partial charge in [0.2, 0.25) is 0 Å². The Hall–Kier alpha value is -1.66. The number of anilines is 1. The van der Waals surface area contributed by atoms with E-state index in [1.807, 2.05) is 13.0 Å². The van der Waals surface area contributed by atoms with Crippen molar-refractivity contribution in [3.05, 3.63) is 23.4 Å². The largest absolute Gasteiger partial charge is 0.385 e. The second kappa shape index (κ2) is 8.50. The van der Waals surface area contributed by atoms with Crippen molar-refractivity contribution in [3.63, 3.8) is 0 Å². The van der Waals surface area contributed by atoms with Gasteiger partial charge in [0.1, 0.15) is 5.82 Å². The van der Waals surface area contributed by atoms with Crippen LogP contribution in [0.1, 0.15) is 42.7 Å². The predicted molar refractivity (Wildman–Crippen MR) is 79.5 cm³/mol. The fourth-order valence-electron chi connectivity index (χ4n) is 1.85. The van der Waals surface area contributed by atoms with Crippen LogP contribution in [0.4, 0.5) is 5.82 Å². The molecule has 0 aromatic carbocycles. The van der Waals surface area contributed by atoms with Gasteiger partial charge in [-0.3, -0.25) is 4.79 Å². The van der Waals surface area contributed by atoms with E-state index in [4.69, 9.17) is 10.6 Å². The van der Waals surface area contributed by atoms with Gasteiger partial charge in [-0.1, -0.05) is 13.3 Å². The van der Waals surface area contributed by atoms with Gasteiger partial charge < -0.3 is 15.5 Å². The van der Waals surface area contributed by atoms with Crippen molar-refractivity contribution in [1.82, 2.24) is 10.3 Å². The fraction of sp³-hybridized carbons (Fsp3) is 0.571. The Morgan fingerprint density at radius 3 is 2.85 bits per heavy atom. The third-order valence-electron chi connectivity index (χ3n) is 2.93. The zero-order chi connectivity index (χ0) is 15.0. The molecule has 0 aliphatic rings. The Bertz CT molecular complexity index is 437. The number of methoxy groups -OCH3 is 1. The van der Waals surface area contributed by atoms with Crippen LogP contribution in [0.15, 0.2) is 12.1 Å². The molecule has 0 saturated carbocycles. The summed E-state index contributed by atoms with van der Waals surface area (Å²) in [6, 6.07) is 3.51. The minimum Gasteiger partial charge on any atom is -0.385 e. The molecule has 0 aliphatic heterocycles. The number of rotatable bonds is 8. The first kappa shape index (κ1) is 16.4. The van der Waals surface area contributed by atoms with Crippen LogP contribution in [-0.2, 0) is 11.2 Å². The minimum atomic E-state index is -0.121. The van der Waals surface area contributed by atoms with E-state index in [0.717, 1.165) is 25.0 Å². The summed E-state index contributed by atoms with van der Waals surface area (Å²) < 4.78 is 5.00. The molecule has 1 amide bonds. The number of aryl methyl sites for hydroxylation is 1. The van der Waals surface area contributed by atoms with Gasteiger partial charge >= 0.3 is 0 Å². The first-order chi connectivity index (χ1) is 9.60. The van der Waals surface area contributed by atoms with E-state index in [2.05, 4.69) is 22.7 Å². The molecular weight excluding hydrogens is 256 g/mol. The maximum Gasteiger partial charge on any atom is 0.251 e. The first-order valence-electron chi connectivity index (χ1n) is 6.88. The molecule has 1 unspecified atom stereocenters. The van der Waals surface area contributed by atoms with Crippen molar-refractivity contribution in [2.75, 3.05) is 19.1 Å². The normalized spacial score (nSPS) is 12.0. The van der Waals surface area contributed by atoms with E-state index in [1.165, 1.54) is 0 Å². The number of carbonyl (C=O) groups is 1. The van der Waals surface area contributed by atoms with E-state index >= 15 is 0 Å². The predicted octanol–water partition coefficient (Wildman–Crippen LogP) is 1.47. The van der Waals surface area contributed by atoms with Crippen molar-refractivity contribution in [2.45, 2.75) is 39.2 Å². The lowest BCUT2D eigenvalue weighted by molar-refractivity contribution is 0.0929. The Balaban J connectivity index is 2.77.